The number of carbonyl (C=O) groups is 1. The van der Waals surface area contributed by atoms with Crippen LogP contribution in [0.15, 0.2) is 70.5 Å². The molecule has 0 bridgehead atoms. The summed E-state index contributed by atoms with van der Waals surface area (Å²) in [5.74, 6) is -0.348. The van der Waals surface area contributed by atoms with Crippen molar-refractivity contribution in [2.45, 2.75) is 13.0 Å². The van der Waals surface area contributed by atoms with E-state index in [-0.39, 0.29) is 18.0 Å². The Morgan fingerprint density at radius 1 is 0.968 bits per heavy atom. The predicted molar refractivity (Wildman–Crippen MR) is 117 cm³/mol. The van der Waals surface area contributed by atoms with E-state index in [1.54, 1.807) is 29.3 Å². The highest BCUT2D eigenvalue weighted by atomic mass is 16.2. The lowest BCUT2D eigenvalue weighted by Gasteiger charge is -2.34. The minimum absolute atomic E-state index is 0.0173. The zero-order valence-electron chi connectivity index (χ0n) is 17.2. The number of hydrogen-bond acceptors (Lipinski definition) is 5. The van der Waals surface area contributed by atoms with Gasteiger partial charge in [0.25, 0.3) is 11.5 Å². The molecule has 0 unspecified atom stereocenters. The highest BCUT2D eigenvalue weighted by molar-refractivity contribution is 5.93. The van der Waals surface area contributed by atoms with Crippen molar-refractivity contribution in [2.24, 2.45) is 0 Å². The van der Waals surface area contributed by atoms with Crippen LogP contribution in [0.25, 0.3) is 0 Å². The smallest absolute Gasteiger partial charge is 0.328 e. The average molecular weight is 419 g/mol. The fourth-order valence-corrected chi connectivity index (χ4v) is 3.74. The van der Waals surface area contributed by atoms with Crippen LogP contribution in [-0.2, 0) is 13.0 Å². The van der Waals surface area contributed by atoms with Crippen molar-refractivity contribution >= 4 is 5.91 Å². The minimum atomic E-state index is -0.592. The number of piperazine rings is 1. The molecular formula is C23H25N5O3. The Morgan fingerprint density at radius 2 is 1.71 bits per heavy atom. The summed E-state index contributed by atoms with van der Waals surface area (Å²) in [6.07, 6.45) is 3.79. The monoisotopic (exact) mass is 419 g/mol. The first kappa shape index (κ1) is 20.7. The lowest BCUT2D eigenvalue weighted by molar-refractivity contribution is 0.0635. The maximum Gasteiger partial charge on any atom is 0.328 e. The zero-order chi connectivity index (χ0) is 21.6. The fraction of sp³-hybridized carbons (Fsp3) is 0.304. The van der Waals surface area contributed by atoms with E-state index in [9.17, 15) is 14.4 Å². The number of aromatic nitrogens is 3. The first-order chi connectivity index (χ1) is 15.1. The zero-order valence-corrected chi connectivity index (χ0v) is 17.2. The second-order valence-corrected chi connectivity index (χ2v) is 7.59. The third-order valence-electron chi connectivity index (χ3n) is 5.56. The second kappa shape index (κ2) is 9.53. The van der Waals surface area contributed by atoms with Gasteiger partial charge in [-0.3, -0.25) is 24.0 Å². The quantitative estimate of drug-likeness (QED) is 0.643. The number of rotatable bonds is 6. The summed E-state index contributed by atoms with van der Waals surface area (Å²) >= 11 is 0. The van der Waals surface area contributed by atoms with Crippen LogP contribution in [0, 0.1) is 0 Å². The lowest BCUT2D eigenvalue weighted by Crippen LogP contribution is -2.50. The van der Waals surface area contributed by atoms with Crippen LogP contribution in [0.4, 0.5) is 0 Å². The molecule has 3 aromatic rings. The van der Waals surface area contributed by atoms with E-state index in [4.69, 9.17) is 0 Å². The molecule has 1 aromatic carbocycles. The van der Waals surface area contributed by atoms with Gasteiger partial charge in [-0.05, 0) is 24.1 Å². The molecule has 31 heavy (non-hydrogen) atoms. The van der Waals surface area contributed by atoms with E-state index in [0.717, 1.165) is 30.6 Å². The van der Waals surface area contributed by atoms with Crippen LogP contribution in [0.1, 0.15) is 21.6 Å². The second-order valence-electron chi connectivity index (χ2n) is 7.59. The molecule has 8 heteroatoms. The predicted octanol–water partition coefficient (Wildman–Crippen LogP) is 0.980. The van der Waals surface area contributed by atoms with E-state index in [0.29, 0.717) is 18.8 Å². The van der Waals surface area contributed by atoms with Gasteiger partial charge in [0.05, 0.1) is 12.2 Å². The van der Waals surface area contributed by atoms with E-state index in [1.165, 1.54) is 11.8 Å². The van der Waals surface area contributed by atoms with Gasteiger partial charge in [-0.15, -0.1) is 0 Å². The van der Waals surface area contributed by atoms with Crippen molar-refractivity contribution in [1.82, 2.24) is 24.3 Å². The van der Waals surface area contributed by atoms with Gasteiger partial charge >= 0.3 is 5.69 Å². The van der Waals surface area contributed by atoms with Gasteiger partial charge in [0.15, 0.2) is 0 Å². The van der Waals surface area contributed by atoms with Crippen LogP contribution in [0.5, 0.6) is 0 Å². The van der Waals surface area contributed by atoms with Crippen LogP contribution in [-0.4, -0.2) is 63.0 Å². The Hall–Kier alpha value is -3.52. The minimum Gasteiger partial charge on any atom is -0.336 e. The summed E-state index contributed by atoms with van der Waals surface area (Å²) < 4.78 is 1.02. The van der Waals surface area contributed by atoms with E-state index >= 15 is 0 Å². The molecule has 3 heterocycles. The molecule has 0 radical (unpaired) electrons. The molecule has 1 amide bonds. The number of amides is 1. The van der Waals surface area contributed by atoms with Crippen LogP contribution in [0.3, 0.4) is 0 Å². The first-order valence-electron chi connectivity index (χ1n) is 10.4. The lowest BCUT2D eigenvalue weighted by atomic mass is 10.1. The fourth-order valence-electron chi connectivity index (χ4n) is 3.74. The Bertz CT molecular complexity index is 1130. The van der Waals surface area contributed by atoms with Gasteiger partial charge in [0, 0.05) is 45.1 Å². The Labute approximate surface area is 179 Å². The molecule has 1 N–H and O–H groups in total. The molecule has 160 valence electrons. The molecule has 8 nitrogen and oxygen atoms in total. The van der Waals surface area contributed by atoms with Crippen LogP contribution < -0.4 is 11.2 Å². The van der Waals surface area contributed by atoms with Crippen LogP contribution in [0.2, 0.25) is 0 Å². The third-order valence-corrected chi connectivity index (χ3v) is 5.56. The SMILES string of the molecule is O=C(c1c[nH]c(=O)n(Cc2ccccn2)c1=O)N1CCN(CCc2ccccc2)CC1. The number of pyridine rings is 1. The highest BCUT2D eigenvalue weighted by Crippen LogP contribution is 2.08. The molecule has 1 aliphatic rings. The summed E-state index contributed by atoms with van der Waals surface area (Å²) in [5, 5.41) is 0. The van der Waals surface area contributed by atoms with Crippen molar-refractivity contribution in [2.75, 3.05) is 32.7 Å². The number of benzene rings is 1. The molecule has 0 saturated carbocycles. The molecule has 0 aliphatic carbocycles. The first-order valence-corrected chi connectivity index (χ1v) is 10.4. The van der Waals surface area contributed by atoms with E-state index in [2.05, 4.69) is 27.0 Å². The van der Waals surface area contributed by atoms with Gasteiger partial charge in [-0.2, -0.15) is 0 Å². The highest BCUT2D eigenvalue weighted by Gasteiger charge is 2.25. The van der Waals surface area contributed by atoms with Gasteiger partial charge in [0.2, 0.25) is 0 Å². The molecule has 0 spiro atoms. The Kier molecular flexibility index (Phi) is 6.37. The summed E-state index contributed by atoms with van der Waals surface area (Å²) in [6.45, 7) is 3.55. The van der Waals surface area contributed by atoms with E-state index < -0.39 is 11.2 Å². The van der Waals surface area contributed by atoms with Gasteiger partial charge in [0.1, 0.15) is 5.56 Å². The molecule has 1 saturated heterocycles. The van der Waals surface area contributed by atoms with Crippen molar-refractivity contribution in [3.63, 3.8) is 0 Å². The van der Waals surface area contributed by atoms with Gasteiger partial charge in [-0.25, -0.2) is 4.79 Å². The maximum absolute atomic E-state index is 13.0. The number of H-pyrrole nitrogens is 1. The Morgan fingerprint density at radius 3 is 2.42 bits per heavy atom. The maximum atomic E-state index is 13.0. The van der Waals surface area contributed by atoms with E-state index in [1.807, 2.05) is 18.2 Å². The number of carbonyl (C=O) groups excluding carboxylic acids is 1. The van der Waals surface area contributed by atoms with Crippen molar-refractivity contribution in [3.8, 4) is 0 Å². The molecule has 0 atom stereocenters. The molecule has 1 fully saturated rings. The summed E-state index contributed by atoms with van der Waals surface area (Å²) in [6, 6.07) is 15.6. The Balaban J connectivity index is 1.40. The van der Waals surface area contributed by atoms with Crippen molar-refractivity contribution < 1.29 is 4.79 Å². The standard InChI is InChI=1S/C23H25N5O3/c29-21(27-14-12-26(13-15-27)11-9-18-6-2-1-3-7-18)20-16-25-23(31)28(22(20)30)17-19-8-4-5-10-24-19/h1-8,10,16H,9,11-15,17H2,(H,25,31). The number of hydrogen-bond donors (Lipinski definition) is 1. The average Bonchev–Trinajstić information content (AvgIpc) is 2.82. The molecule has 2 aromatic heterocycles. The topological polar surface area (TPSA) is 91.3 Å². The molecule has 4 rings (SSSR count). The summed E-state index contributed by atoms with van der Waals surface area (Å²) in [5.41, 5.74) is 0.701. The van der Waals surface area contributed by atoms with Crippen LogP contribution >= 0.6 is 0 Å². The largest absolute Gasteiger partial charge is 0.336 e. The molecule has 1 aliphatic heterocycles. The van der Waals surface area contributed by atoms with Gasteiger partial charge in [-0.1, -0.05) is 36.4 Å². The van der Waals surface area contributed by atoms with Gasteiger partial charge < -0.3 is 9.88 Å². The molecular weight excluding hydrogens is 394 g/mol. The number of aromatic amines is 1. The van der Waals surface area contributed by atoms with Crippen molar-refractivity contribution in [1.29, 1.82) is 0 Å². The summed E-state index contributed by atoms with van der Waals surface area (Å²) in [7, 11) is 0. The summed E-state index contributed by atoms with van der Waals surface area (Å²) in [4.78, 5) is 48.7. The number of nitrogens with zero attached hydrogens (tertiary/aromatic N) is 4. The van der Waals surface area contributed by atoms with Crippen molar-refractivity contribution in [3.05, 3.63) is 98.6 Å². The third kappa shape index (κ3) is 4.97. The number of nitrogens with one attached hydrogen (secondary N) is 1. The normalized spacial score (nSPS) is 14.5.